The Morgan fingerprint density at radius 1 is 1.22 bits per heavy atom. The minimum absolute atomic E-state index is 0.0963. The molecule has 0 saturated carbocycles. The van der Waals surface area contributed by atoms with E-state index in [-0.39, 0.29) is 28.3 Å². The number of benzene rings is 2. The van der Waals surface area contributed by atoms with Crippen molar-refractivity contribution in [3.8, 4) is 5.75 Å². The number of aromatic hydroxyl groups is 1. The van der Waals surface area contributed by atoms with Crippen LogP contribution in [0.1, 0.15) is 0 Å². The third-order valence-corrected chi connectivity index (χ3v) is 4.83. The fourth-order valence-electron chi connectivity index (χ4n) is 2.42. The molecule has 0 aliphatic rings. The number of hydrogen-bond acceptors (Lipinski definition) is 13. The summed E-state index contributed by atoms with van der Waals surface area (Å²) >= 11 is 5.69. The van der Waals surface area contributed by atoms with Crippen LogP contribution in [0, 0.1) is 5.52 Å². The summed E-state index contributed by atoms with van der Waals surface area (Å²) in [5.41, 5.74) is 2.69. The van der Waals surface area contributed by atoms with Gasteiger partial charge < -0.3 is 29.0 Å². The fourth-order valence-corrected chi connectivity index (χ4v) is 3.26. The second-order valence-electron chi connectivity index (χ2n) is 6.21. The number of nitrogens with one attached hydrogen (secondary N) is 2. The Morgan fingerprint density at radius 2 is 1.94 bits per heavy atom. The van der Waals surface area contributed by atoms with Gasteiger partial charge in [-0.15, -0.1) is 0 Å². The van der Waals surface area contributed by atoms with Crippen LogP contribution in [0.4, 0.5) is 17.6 Å². The molecular weight excluding hydrogens is 462 g/mol. The van der Waals surface area contributed by atoms with E-state index in [1.807, 2.05) is 0 Å². The molecule has 6 N–H and O–H groups in total. The first kappa shape index (κ1) is 23.5. The molecule has 0 aliphatic carbocycles. The molecule has 0 radical (unpaired) electrons. The van der Waals surface area contributed by atoms with E-state index < -0.39 is 10.9 Å². The van der Waals surface area contributed by atoms with Gasteiger partial charge in [0.2, 0.25) is 18.6 Å². The number of nitrogens with zero attached hydrogens (tertiary/aromatic N) is 7. The van der Waals surface area contributed by atoms with Gasteiger partial charge in [0, 0.05) is 26.5 Å². The molecule has 0 atom stereocenters. The van der Waals surface area contributed by atoms with E-state index in [0.29, 0.717) is 22.7 Å². The largest absolute Gasteiger partial charge is 0.505 e. The van der Waals surface area contributed by atoms with E-state index in [1.54, 1.807) is 43.3 Å². The Kier molecular flexibility index (Phi) is 8.02. The summed E-state index contributed by atoms with van der Waals surface area (Å²) < 4.78 is 34.5. The first-order chi connectivity index (χ1) is 15.6. The number of phenols is 1. The molecular formula is C17H22ClN9O4S. The van der Waals surface area contributed by atoms with Crippen molar-refractivity contribution < 1.29 is 20.2 Å². The molecule has 3 rings (SSSR count). The van der Waals surface area contributed by atoms with Crippen molar-refractivity contribution in [2.45, 2.75) is 4.90 Å². The van der Waals surface area contributed by atoms with E-state index in [0.717, 1.165) is 0 Å². The van der Waals surface area contributed by atoms with Gasteiger partial charge in [0.05, 0.1) is 4.90 Å². The van der Waals surface area contributed by atoms with Gasteiger partial charge >= 0.3 is 0 Å². The van der Waals surface area contributed by atoms with E-state index >= 15 is 0 Å². The summed E-state index contributed by atoms with van der Waals surface area (Å²) in [6.07, 6.45) is 0. The molecule has 0 unspecified atom stereocenters. The molecule has 2 aromatic carbocycles. The zero-order valence-corrected chi connectivity index (χ0v) is 18.8. The van der Waals surface area contributed by atoms with Crippen LogP contribution in [-0.4, -0.2) is 61.5 Å². The maximum absolute atomic E-state index is 10.1. The number of azo groups is 1. The third kappa shape index (κ3) is 6.41. The van der Waals surface area contributed by atoms with E-state index in [4.69, 9.17) is 13.0 Å². The number of halogens is 1. The van der Waals surface area contributed by atoms with E-state index in [1.165, 1.54) is 13.1 Å². The van der Waals surface area contributed by atoms with Crippen molar-refractivity contribution in [3.63, 3.8) is 0 Å². The highest BCUT2D eigenvalue weighted by Crippen LogP contribution is 2.53. The summed E-state index contributed by atoms with van der Waals surface area (Å²) in [7, 11) is 0.974. The lowest BCUT2D eigenvalue weighted by molar-refractivity contribution is 0.375. The fraction of sp³-hybridized carbons (Fsp3) is 0.235. The summed E-state index contributed by atoms with van der Waals surface area (Å²) in [6, 6.07) is 8.17. The Labute approximate surface area is 191 Å². The Morgan fingerprint density at radius 3 is 2.56 bits per heavy atom. The monoisotopic (exact) mass is 484 g/mol. The second-order valence-corrected chi connectivity index (χ2v) is 8.03. The number of phenolic OH excluding ortho intramolecular Hbond substituents is 1. The van der Waals surface area contributed by atoms with Crippen LogP contribution < -0.4 is 10.2 Å². The summed E-state index contributed by atoms with van der Waals surface area (Å²) in [4.78, 5) is 13.2. The smallest absolute Gasteiger partial charge is 0.230 e. The first-order valence-corrected chi connectivity index (χ1v) is 10.7. The van der Waals surface area contributed by atoms with E-state index in [2.05, 4.69) is 41.1 Å². The first-order valence-electron chi connectivity index (χ1n) is 9.22. The molecule has 3 aromatic rings. The number of rotatable bonds is 6. The zero-order valence-electron chi connectivity index (χ0n) is 18.2. The van der Waals surface area contributed by atoms with Gasteiger partial charge in [-0.05, 0) is 23.1 Å². The van der Waals surface area contributed by atoms with Gasteiger partial charge in [-0.3, -0.25) is 0 Å². The molecule has 1 heterocycles. The number of fused-ring (bicyclic) bond motifs is 1. The minimum atomic E-state index is -3.98. The van der Waals surface area contributed by atoms with Crippen LogP contribution in [0.3, 0.4) is 0 Å². The predicted octanol–water partition coefficient (Wildman–Crippen LogP) is 4.83. The summed E-state index contributed by atoms with van der Waals surface area (Å²) in [5, 5.41) is 24.5. The molecule has 0 bridgehead atoms. The summed E-state index contributed by atoms with van der Waals surface area (Å²) in [5.74, 6) is 0.495. The van der Waals surface area contributed by atoms with Gasteiger partial charge in [-0.25, -0.2) is 5.52 Å². The molecule has 0 saturated heterocycles. The predicted molar refractivity (Wildman–Crippen MR) is 123 cm³/mol. The van der Waals surface area contributed by atoms with Gasteiger partial charge in [0.15, 0.2) is 5.75 Å². The molecule has 0 amide bonds. The van der Waals surface area contributed by atoms with Gasteiger partial charge in [-0.1, -0.05) is 24.3 Å². The standard InChI is InChI=1S/C11H12N2O4S.C6H10ClN7/c1-12-13-10-9(18(15,16)17)6-7-4-2-3-5-8(7)11(10)14;1-14(2)6-12-4(7)11-5(13-6)9-3-10-8/h2-6,14-17H,1H3;8H,3H2,1-2H3,(H,9,11,12,13)/i/hD. The number of anilines is 2. The topological polar surface area (TPSA) is 196 Å². The maximum Gasteiger partial charge on any atom is 0.230 e. The van der Waals surface area contributed by atoms with Gasteiger partial charge in [-0.2, -0.15) is 30.3 Å². The molecule has 0 spiro atoms. The highest BCUT2D eigenvalue weighted by molar-refractivity contribution is 8.19. The number of aromatic nitrogens is 3. The average molecular weight is 485 g/mol. The minimum Gasteiger partial charge on any atom is -0.505 e. The second kappa shape index (κ2) is 10.9. The lowest BCUT2D eigenvalue weighted by Gasteiger charge is -2.21. The highest BCUT2D eigenvalue weighted by Gasteiger charge is 2.24. The molecule has 32 heavy (non-hydrogen) atoms. The molecule has 1 aromatic heterocycles. The third-order valence-electron chi connectivity index (χ3n) is 3.76. The van der Waals surface area contributed by atoms with Crippen molar-refractivity contribution in [1.29, 1.82) is 5.52 Å². The molecule has 172 valence electrons. The van der Waals surface area contributed by atoms with Crippen molar-refractivity contribution in [2.75, 3.05) is 38.0 Å². The molecule has 13 nitrogen and oxygen atoms in total. The maximum atomic E-state index is 10.1. The summed E-state index contributed by atoms with van der Waals surface area (Å²) in [6.45, 7) is 0.122. The van der Waals surface area contributed by atoms with E-state index in [9.17, 15) is 18.8 Å². The molecule has 0 aliphatic heterocycles. The lowest BCUT2D eigenvalue weighted by Crippen LogP contribution is -2.15. The van der Waals surface area contributed by atoms with Gasteiger partial charge in [0.1, 0.15) is 23.2 Å². The lowest BCUT2D eigenvalue weighted by atomic mass is 10.1. The highest BCUT2D eigenvalue weighted by atomic mass is 35.5. The van der Waals surface area contributed by atoms with Crippen LogP contribution in [0.25, 0.3) is 10.8 Å². The van der Waals surface area contributed by atoms with Crippen molar-refractivity contribution >= 4 is 50.8 Å². The Hall–Kier alpha value is -3.17. The van der Waals surface area contributed by atoms with Crippen LogP contribution in [-0.2, 0) is 0 Å². The zero-order chi connectivity index (χ0) is 24.6. The van der Waals surface area contributed by atoms with Crippen LogP contribution >= 0.6 is 22.5 Å². The normalized spacial score (nSPS) is 12.5. The van der Waals surface area contributed by atoms with Crippen molar-refractivity contribution in [1.82, 2.24) is 15.0 Å². The Balaban J connectivity index is 0.000000238. The van der Waals surface area contributed by atoms with Crippen LogP contribution in [0.2, 0.25) is 6.70 Å². The average Bonchev–Trinajstić information content (AvgIpc) is 2.75. The van der Waals surface area contributed by atoms with Crippen molar-refractivity contribution in [3.05, 3.63) is 35.6 Å². The van der Waals surface area contributed by atoms with Crippen LogP contribution in [0.15, 0.2) is 50.6 Å². The van der Waals surface area contributed by atoms with Crippen LogP contribution in [0.5, 0.6) is 5.75 Å². The molecule has 0 fully saturated rings. The SMILES string of the molecule is CN=Nc1c(S(O)(O)O)cc2ccccc2c1O.[2H]N=NCNc1nc(Cl)nc(N(C)C)n1. The van der Waals surface area contributed by atoms with Gasteiger partial charge in [0.25, 0.3) is 0 Å². The Bertz CT molecular complexity index is 1160. The quantitative estimate of drug-likeness (QED) is 0.265. The number of hydrogen-bond donors (Lipinski definition) is 6. The van der Waals surface area contributed by atoms with Crippen molar-refractivity contribution in [2.24, 2.45) is 15.3 Å². The molecule has 15 heteroatoms.